The second-order valence-electron chi connectivity index (χ2n) is 6.66. The summed E-state index contributed by atoms with van der Waals surface area (Å²) in [5.74, 6) is -0.748. The van der Waals surface area contributed by atoms with Gasteiger partial charge in [-0.1, -0.05) is 42.5 Å². The molecular weight excluding hydrogens is 347 g/mol. The number of likely N-dealkylation sites (tertiary alicyclic amines) is 1. The van der Waals surface area contributed by atoms with Crippen LogP contribution in [0, 0.1) is 5.82 Å². The molecule has 0 radical (unpaired) electrons. The summed E-state index contributed by atoms with van der Waals surface area (Å²) in [5, 5.41) is 2.82. The fourth-order valence-electron chi connectivity index (χ4n) is 3.17. The molecule has 0 aliphatic carbocycles. The number of hydrogen-bond acceptors (Lipinski definition) is 3. The quantitative estimate of drug-likeness (QED) is 0.764. The molecule has 1 N–H and O–H groups in total. The summed E-state index contributed by atoms with van der Waals surface area (Å²) in [6.07, 6.45) is 0.430. The van der Waals surface area contributed by atoms with Crippen molar-refractivity contribution in [3.8, 4) is 0 Å². The molecule has 1 aliphatic rings. The minimum absolute atomic E-state index is 0.0788. The first-order valence-electron chi connectivity index (χ1n) is 8.91. The summed E-state index contributed by atoms with van der Waals surface area (Å²) in [6.45, 7) is 0.698. The van der Waals surface area contributed by atoms with Crippen LogP contribution >= 0.6 is 0 Å². The number of carbonyl (C=O) groups is 3. The fraction of sp³-hybridized carbons (Fsp3) is 0.286. The van der Waals surface area contributed by atoms with E-state index in [9.17, 15) is 18.8 Å². The molecule has 0 unspecified atom stereocenters. The summed E-state index contributed by atoms with van der Waals surface area (Å²) in [6, 6.07) is 14.7. The van der Waals surface area contributed by atoms with Gasteiger partial charge in [-0.2, -0.15) is 0 Å². The van der Waals surface area contributed by atoms with Crippen LogP contribution in [0.2, 0.25) is 0 Å². The lowest BCUT2D eigenvalue weighted by Crippen LogP contribution is -2.37. The molecule has 2 aromatic carbocycles. The Balaban J connectivity index is 1.46. The molecule has 1 saturated heterocycles. The van der Waals surface area contributed by atoms with Crippen LogP contribution in [0.1, 0.15) is 35.2 Å². The van der Waals surface area contributed by atoms with E-state index in [0.29, 0.717) is 24.2 Å². The summed E-state index contributed by atoms with van der Waals surface area (Å²) < 4.78 is 13.3. The summed E-state index contributed by atoms with van der Waals surface area (Å²) in [5.41, 5.74) is 1.30. The molecule has 1 heterocycles. The van der Waals surface area contributed by atoms with E-state index in [0.717, 1.165) is 0 Å². The van der Waals surface area contributed by atoms with Crippen molar-refractivity contribution in [1.82, 2.24) is 10.2 Å². The third-order valence-corrected chi connectivity index (χ3v) is 4.52. The van der Waals surface area contributed by atoms with Gasteiger partial charge in [0.1, 0.15) is 5.82 Å². The van der Waals surface area contributed by atoms with E-state index in [1.807, 2.05) is 6.07 Å². The topological polar surface area (TPSA) is 66.5 Å². The van der Waals surface area contributed by atoms with Crippen molar-refractivity contribution in [1.29, 1.82) is 0 Å². The average molecular weight is 368 g/mol. The Hall–Kier alpha value is -3.02. The number of ketones is 1. The Morgan fingerprint density at radius 1 is 1.07 bits per heavy atom. The Morgan fingerprint density at radius 2 is 1.85 bits per heavy atom. The first-order valence-corrected chi connectivity index (χ1v) is 8.91. The molecule has 0 spiro atoms. The van der Waals surface area contributed by atoms with Crippen molar-refractivity contribution in [2.45, 2.75) is 31.8 Å². The van der Waals surface area contributed by atoms with Gasteiger partial charge < -0.3 is 10.2 Å². The molecule has 6 heteroatoms. The van der Waals surface area contributed by atoms with Crippen LogP contribution in [0.4, 0.5) is 4.39 Å². The van der Waals surface area contributed by atoms with Gasteiger partial charge in [0.2, 0.25) is 11.8 Å². The van der Waals surface area contributed by atoms with Crippen LogP contribution in [0.3, 0.4) is 0 Å². The maximum absolute atomic E-state index is 13.3. The van der Waals surface area contributed by atoms with Gasteiger partial charge in [-0.15, -0.1) is 0 Å². The van der Waals surface area contributed by atoms with E-state index in [4.69, 9.17) is 0 Å². The average Bonchev–Trinajstić information content (AvgIpc) is 2.99. The third kappa shape index (κ3) is 5.23. The van der Waals surface area contributed by atoms with E-state index in [1.54, 1.807) is 41.3 Å². The number of nitrogens with zero attached hydrogens (tertiary/aromatic N) is 1. The van der Waals surface area contributed by atoms with E-state index >= 15 is 0 Å². The van der Waals surface area contributed by atoms with Gasteiger partial charge in [-0.3, -0.25) is 14.4 Å². The van der Waals surface area contributed by atoms with Crippen molar-refractivity contribution in [2.75, 3.05) is 6.54 Å². The number of carbonyl (C=O) groups excluding carboxylic acids is 3. The van der Waals surface area contributed by atoms with Gasteiger partial charge in [-0.05, 0) is 17.7 Å². The summed E-state index contributed by atoms with van der Waals surface area (Å²) in [4.78, 5) is 37.9. The molecule has 0 aromatic heterocycles. The molecule has 27 heavy (non-hydrogen) atoms. The molecule has 0 bridgehead atoms. The minimum atomic E-state index is -0.341. The van der Waals surface area contributed by atoms with Crippen molar-refractivity contribution in [2.24, 2.45) is 0 Å². The smallest absolute Gasteiger partial charge is 0.225 e. The van der Waals surface area contributed by atoms with Crippen LogP contribution in [0.5, 0.6) is 0 Å². The number of amides is 2. The monoisotopic (exact) mass is 368 g/mol. The summed E-state index contributed by atoms with van der Waals surface area (Å²) in [7, 11) is 0. The highest BCUT2D eigenvalue weighted by Crippen LogP contribution is 2.16. The molecule has 5 nitrogen and oxygen atoms in total. The molecule has 2 amide bonds. The predicted molar refractivity (Wildman–Crippen MR) is 98.4 cm³/mol. The molecule has 1 atom stereocenters. The van der Waals surface area contributed by atoms with Crippen LogP contribution in [-0.4, -0.2) is 35.1 Å². The largest absolute Gasteiger partial charge is 0.351 e. The molecule has 140 valence electrons. The highest BCUT2D eigenvalue weighted by atomic mass is 19.1. The molecule has 1 aliphatic heterocycles. The molecule has 3 rings (SSSR count). The number of halogens is 1. The van der Waals surface area contributed by atoms with Crippen LogP contribution < -0.4 is 5.32 Å². The predicted octanol–water partition coefficient (Wildman–Crippen LogP) is 2.71. The number of benzene rings is 2. The third-order valence-electron chi connectivity index (χ3n) is 4.52. The first kappa shape index (κ1) is 18.8. The first-order chi connectivity index (χ1) is 13.0. The lowest BCUT2D eigenvalue weighted by Gasteiger charge is -2.17. The normalized spacial score (nSPS) is 16.4. The van der Waals surface area contributed by atoms with Gasteiger partial charge >= 0.3 is 0 Å². The maximum atomic E-state index is 13.3. The lowest BCUT2D eigenvalue weighted by atomic mass is 10.1. The van der Waals surface area contributed by atoms with E-state index in [2.05, 4.69) is 5.32 Å². The molecule has 2 aromatic rings. The molecule has 0 saturated carbocycles. The van der Waals surface area contributed by atoms with Gasteiger partial charge in [0.25, 0.3) is 0 Å². The zero-order valence-corrected chi connectivity index (χ0v) is 14.9. The fourth-order valence-corrected chi connectivity index (χ4v) is 3.17. The van der Waals surface area contributed by atoms with E-state index in [-0.39, 0.29) is 48.7 Å². The van der Waals surface area contributed by atoms with Crippen LogP contribution in [0.15, 0.2) is 54.6 Å². The Bertz CT molecular complexity index is 838. The maximum Gasteiger partial charge on any atom is 0.225 e. The van der Waals surface area contributed by atoms with Crippen molar-refractivity contribution in [3.05, 3.63) is 71.5 Å². The standard InChI is InChI=1S/C21H21FN2O3/c22-17-8-4-5-15(11-17)13-24-14-18(12-21(24)27)23-20(26)10-9-19(25)16-6-2-1-3-7-16/h1-8,11,18H,9-10,12-14H2,(H,23,26)/t18-/m1/s1. The van der Waals surface area contributed by atoms with Gasteiger partial charge in [0, 0.05) is 37.9 Å². The molecule has 1 fully saturated rings. The highest BCUT2D eigenvalue weighted by Gasteiger charge is 2.30. The second kappa shape index (κ2) is 8.58. The molecular formula is C21H21FN2O3. The zero-order chi connectivity index (χ0) is 19.2. The van der Waals surface area contributed by atoms with Crippen LogP contribution in [-0.2, 0) is 16.1 Å². The summed E-state index contributed by atoms with van der Waals surface area (Å²) >= 11 is 0. The zero-order valence-electron chi connectivity index (χ0n) is 14.9. The Kier molecular flexibility index (Phi) is 5.96. The van der Waals surface area contributed by atoms with Crippen LogP contribution in [0.25, 0.3) is 0 Å². The van der Waals surface area contributed by atoms with E-state index in [1.165, 1.54) is 12.1 Å². The SMILES string of the molecule is O=C(CCC(=O)c1ccccc1)N[C@@H]1CC(=O)N(Cc2cccc(F)c2)C1. The Labute approximate surface area is 157 Å². The van der Waals surface area contributed by atoms with E-state index < -0.39 is 0 Å². The van der Waals surface area contributed by atoms with Gasteiger partial charge in [0.05, 0.1) is 6.04 Å². The Morgan fingerprint density at radius 3 is 2.59 bits per heavy atom. The van der Waals surface area contributed by atoms with Gasteiger partial charge in [0.15, 0.2) is 5.78 Å². The second-order valence-corrected chi connectivity index (χ2v) is 6.66. The van der Waals surface area contributed by atoms with Crippen molar-refractivity contribution in [3.63, 3.8) is 0 Å². The minimum Gasteiger partial charge on any atom is -0.351 e. The number of rotatable bonds is 7. The van der Waals surface area contributed by atoms with Crippen molar-refractivity contribution < 1.29 is 18.8 Å². The number of nitrogens with one attached hydrogen (secondary N) is 1. The number of Topliss-reactive ketones (excluding diaryl/α,β-unsaturated/α-hetero) is 1. The highest BCUT2D eigenvalue weighted by molar-refractivity contribution is 5.98. The number of hydrogen-bond donors (Lipinski definition) is 1. The van der Waals surface area contributed by atoms with Gasteiger partial charge in [-0.25, -0.2) is 4.39 Å². The lowest BCUT2D eigenvalue weighted by molar-refractivity contribution is -0.128. The van der Waals surface area contributed by atoms with Crippen molar-refractivity contribution >= 4 is 17.6 Å².